The largest absolute Gasteiger partial charge is 0.483 e. The predicted molar refractivity (Wildman–Crippen MR) is 115 cm³/mol. The van der Waals surface area contributed by atoms with Gasteiger partial charge in [0, 0.05) is 17.1 Å². The number of benzene rings is 2. The van der Waals surface area contributed by atoms with Crippen LogP contribution in [0.4, 0.5) is 4.39 Å². The Morgan fingerprint density at radius 3 is 2.42 bits per heavy atom. The molecule has 2 aromatic rings. The van der Waals surface area contributed by atoms with Gasteiger partial charge < -0.3 is 14.4 Å². The van der Waals surface area contributed by atoms with E-state index in [-0.39, 0.29) is 41.7 Å². The zero-order chi connectivity index (χ0) is 22.0. The zero-order valence-electron chi connectivity index (χ0n) is 17.4. The molecule has 2 aliphatic heterocycles. The molecule has 4 rings (SSSR count). The minimum Gasteiger partial charge on any atom is -0.483 e. The lowest BCUT2D eigenvalue weighted by molar-refractivity contribution is -0.138. The van der Waals surface area contributed by atoms with Crippen molar-refractivity contribution in [3.8, 4) is 5.75 Å². The molecular weight excluding hydrogens is 421 g/mol. The predicted octanol–water partition coefficient (Wildman–Crippen LogP) is 4.66. The highest BCUT2D eigenvalue weighted by Crippen LogP contribution is 2.40. The summed E-state index contributed by atoms with van der Waals surface area (Å²) in [5.74, 6) is -0.123. The lowest BCUT2D eigenvalue weighted by Crippen LogP contribution is -2.48. The fraction of sp³-hybridized carbons (Fsp3) is 0.417. The molecule has 2 fully saturated rings. The summed E-state index contributed by atoms with van der Waals surface area (Å²) in [5, 5.41) is 0.414. The van der Waals surface area contributed by atoms with Gasteiger partial charge in [-0.2, -0.15) is 0 Å². The molecule has 1 amide bonds. The highest BCUT2D eigenvalue weighted by atomic mass is 35.5. The molecule has 2 unspecified atom stereocenters. The SMILES string of the molecule is COC(=O)c1ccc(Cl)cc1OCC(=O)N1C2CCC1CC(Cc1ccc(F)cc1)C2. The maximum absolute atomic E-state index is 13.2. The monoisotopic (exact) mass is 445 g/mol. The summed E-state index contributed by atoms with van der Waals surface area (Å²) in [6.07, 6.45) is 4.74. The molecule has 7 heteroatoms. The van der Waals surface area contributed by atoms with E-state index in [0.29, 0.717) is 10.9 Å². The number of piperidine rings is 1. The van der Waals surface area contributed by atoms with Gasteiger partial charge in [-0.05, 0) is 73.9 Å². The average molecular weight is 446 g/mol. The normalized spacial score (nSPS) is 22.3. The third-order valence-corrected chi connectivity index (χ3v) is 6.49. The first-order valence-electron chi connectivity index (χ1n) is 10.5. The van der Waals surface area contributed by atoms with Crippen molar-refractivity contribution in [2.75, 3.05) is 13.7 Å². The van der Waals surface area contributed by atoms with Crippen molar-refractivity contribution < 1.29 is 23.5 Å². The Labute approximate surface area is 186 Å². The Hall–Kier alpha value is -2.60. The van der Waals surface area contributed by atoms with Gasteiger partial charge in [-0.3, -0.25) is 4.79 Å². The number of nitrogens with zero attached hydrogens (tertiary/aromatic N) is 1. The molecule has 2 saturated heterocycles. The Bertz CT molecular complexity index is 951. The standard InChI is InChI=1S/C24H25ClFNO4/c1-30-24(29)21-9-4-17(25)13-22(21)31-14-23(28)27-19-7-8-20(27)12-16(11-19)10-15-2-5-18(26)6-3-15/h2-6,9,13,16,19-20H,7-8,10-12,14H2,1H3. The van der Waals surface area contributed by atoms with E-state index >= 15 is 0 Å². The minimum atomic E-state index is -0.541. The number of fused-ring (bicyclic) bond motifs is 2. The number of esters is 1. The van der Waals surface area contributed by atoms with E-state index in [1.54, 1.807) is 6.07 Å². The molecule has 0 aromatic heterocycles. The smallest absolute Gasteiger partial charge is 0.341 e. The van der Waals surface area contributed by atoms with E-state index in [0.717, 1.165) is 37.7 Å². The van der Waals surface area contributed by atoms with Gasteiger partial charge in [-0.1, -0.05) is 23.7 Å². The van der Waals surface area contributed by atoms with Gasteiger partial charge in [0.2, 0.25) is 0 Å². The van der Waals surface area contributed by atoms with Crippen molar-refractivity contribution in [2.24, 2.45) is 5.92 Å². The highest BCUT2D eigenvalue weighted by Gasteiger charge is 2.43. The van der Waals surface area contributed by atoms with Crippen LogP contribution in [0.5, 0.6) is 5.75 Å². The maximum atomic E-state index is 13.2. The Balaban J connectivity index is 1.38. The number of amides is 1. The molecule has 2 aliphatic rings. The number of carbonyl (C=O) groups excluding carboxylic acids is 2. The van der Waals surface area contributed by atoms with E-state index in [1.807, 2.05) is 17.0 Å². The third kappa shape index (κ3) is 4.85. The average Bonchev–Trinajstić information content (AvgIpc) is 3.03. The van der Waals surface area contributed by atoms with E-state index in [2.05, 4.69) is 0 Å². The van der Waals surface area contributed by atoms with Crippen LogP contribution < -0.4 is 4.74 Å². The second kappa shape index (κ2) is 9.27. The van der Waals surface area contributed by atoms with Crippen LogP contribution in [-0.2, 0) is 16.0 Å². The van der Waals surface area contributed by atoms with E-state index in [4.69, 9.17) is 21.1 Å². The maximum Gasteiger partial charge on any atom is 0.341 e. The second-order valence-electron chi connectivity index (χ2n) is 8.27. The quantitative estimate of drug-likeness (QED) is 0.607. The van der Waals surface area contributed by atoms with Crippen molar-refractivity contribution in [1.29, 1.82) is 0 Å². The molecule has 0 saturated carbocycles. The molecule has 2 aromatic carbocycles. The van der Waals surface area contributed by atoms with Crippen molar-refractivity contribution in [3.63, 3.8) is 0 Å². The molecule has 0 spiro atoms. The number of hydrogen-bond donors (Lipinski definition) is 0. The molecule has 5 nitrogen and oxygen atoms in total. The van der Waals surface area contributed by atoms with Crippen molar-refractivity contribution in [2.45, 2.75) is 44.2 Å². The molecule has 164 valence electrons. The Morgan fingerprint density at radius 1 is 1.10 bits per heavy atom. The van der Waals surface area contributed by atoms with Gasteiger partial charge in [0.15, 0.2) is 6.61 Å². The molecule has 2 bridgehead atoms. The van der Waals surface area contributed by atoms with Crippen molar-refractivity contribution in [1.82, 2.24) is 4.90 Å². The van der Waals surface area contributed by atoms with Crippen molar-refractivity contribution >= 4 is 23.5 Å². The molecule has 0 N–H and O–H groups in total. The molecule has 0 radical (unpaired) electrons. The fourth-order valence-corrected chi connectivity index (χ4v) is 5.09. The van der Waals surface area contributed by atoms with Crippen LogP contribution in [0, 0.1) is 11.7 Å². The Kier molecular flexibility index (Phi) is 6.46. The van der Waals surface area contributed by atoms with Crippen LogP contribution >= 0.6 is 11.6 Å². The molecule has 2 heterocycles. The Morgan fingerprint density at radius 2 is 1.77 bits per heavy atom. The van der Waals surface area contributed by atoms with Gasteiger partial charge in [0.05, 0.1) is 7.11 Å². The van der Waals surface area contributed by atoms with Gasteiger partial charge >= 0.3 is 5.97 Å². The lowest BCUT2D eigenvalue weighted by atomic mass is 9.86. The summed E-state index contributed by atoms with van der Waals surface area (Å²) in [5.41, 5.74) is 1.37. The van der Waals surface area contributed by atoms with E-state index in [1.165, 1.54) is 31.4 Å². The van der Waals surface area contributed by atoms with Gasteiger partial charge in [0.25, 0.3) is 5.91 Å². The van der Waals surface area contributed by atoms with Crippen molar-refractivity contribution in [3.05, 3.63) is 64.4 Å². The molecule has 2 atom stereocenters. The zero-order valence-corrected chi connectivity index (χ0v) is 18.1. The number of rotatable bonds is 6. The van der Waals surface area contributed by atoms with E-state index < -0.39 is 5.97 Å². The summed E-state index contributed by atoms with van der Waals surface area (Å²) in [6, 6.07) is 11.7. The van der Waals surface area contributed by atoms with Crippen LogP contribution in [0.15, 0.2) is 42.5 Å². The number of ether oxygens (including phenoxy) is 2. The van der Waals surface area contributed by atoms with Crippen LogP contribution in [0.3, 0.4) is 0 Å². The van der Waals surface area contributed by atoms with Crippen LogP contribution in [0.2, 0.25) is 5.02 Å². The summed E-state index contributed by atoms with van der Waals surface area (Å²) < 4.78 is 23.6. The second-order valence-corrected chi connectivity index (χ2v) is 8.71. The molecular formula is C24H25ClFNO4. The lowest BCUT2D eigenvalue weighted by Gasteiger charge is -2.39. The van der Waals surface area contributed by atoms with Crippen LogP contribution in [-0.4, -0.2) is 42.6 Å². The van der Waals surface area contributed by atoms with Gasteiger partial charge in [-0.15, -0.1) is 0 Å². The van der Waals surface area contributed by atoms with E-state index in [9.17, 15) is 14.0 Å². The minimum absolute atomic E-state index is 0.0801. The van der Waals surface area contributed by atoms with Crippen LogP contribution in [0.1, 0.15) is 41.6 Å². The number of methoxy groups -OCH3 is 1. The first kappa shape index (κ1) is 21.6. The number of carbonyl (C=O) groups is 2. The number of hydrogen-bond acceptors (Lipinski definition) is 4. The topological polar surface area (TPSA) is 55.8 Å². The highest BCUT2D eigenvalue weighted by molar-refractivity contribution is 6.30. The molecule has 0 aliphatic carbocycles. The van der Waals surface area contributed by atoms with Gasteiger partial charge in [0.1, 0.15) is 17.1 Å². The summed E-state index contributed by atoms with van der Waals surface area (Å²) in [7, 11) is 1.29. The third-order valence-electron chi connectivity index (χ3n) is 6.26. The summed E-state index contributed by atoms with van der Waals surface area (Å²) in [6.45, 7) is -0.153. The first-order valence-corrected chi connectivity index (χ1v) is 10.9. The first-order chi connectivity index (χ1) is 14.9. The summed E-state index contributed by atoms with van der Waals surface area (Å²) in [4.78, 5) is 26.9. The van der Waals surface area contributed by atoms with Crippen LogP contribution in [0.25, 0.3) is 0 Å². The fourth-order valence-electron chi connectivity index (χ4n) is 4.93. The summed E-state index contributed by atoms with van der Waals surface area (Å²) >= 11 is 6.03. The number of halogens is 2. The molecule has 31 heavy (non-hydrogen) atoms. The van der Waals surface area contributed by atoms with Gasteiger partial charge in [-0.25, -0.2) is 9.18 Å².